The summed E-state index contributed by atoms with van der Waals surface area (Å²) < 4.78 is 5.28. The molecule has 0 aliphatic carbocycles. The lowest BCUT2D eigenvalue weighted by atomic mass is 9.94. The molecule has 116 valence electrons. The van der Waals surface area contributed by atoms with Gasteiger partial charge in [-0.1, -0.05) is 11.2 Å². The number of pyridine rings is 1. The summed E-state index contributed by atoms with van der Waals surface area (Å²) in [6.45, 7) is 2.28. The molecule has 1 aromatic heterocycles. The Kier molecular flexibility index (Phi) is 5.11. The molecule has 1 fully saturated rings. The molecule has 21 heavy (non-hydrogen) atoms. The first-order valence-electron chi connectivity index (χ1n) is 6.94. The fourth-order valence-electron chi connectivity index (χ4n) is 2.60. The number of oxime groups is 1. The summed E-state index contributed by atoms with van der Waals surface area (Å²) in [5.41, 5.74) is 6.23. The van der Waals surface area contributed by atoms with Crippen LogP contribution in [0.5, 0.6) is 0 Å². The smallest absolute Gasteiger partial charge is 0.189 e. The first-order chi connectivity index (χ1) is 10.0. The van der Waals surface area contributed by atoms with Gasteiger partial charge in [0, 0.05) is 45.3 Å². The average molecular weight is 294 g/mol. The third-order valence-electron chi connectivity index (χ3n) is 3.67. The summed E-state index contributed by atoms with van der Waals surface area (Å²) in [6.07, 6.45) is 2.87. The van der Waals surface area contributed by atoms with Gasteiger partial charge in [0.1, 0.15) is 5.69 Å². The number of likely N-dealkylation sites (N-methyl/N-ethyl adjacent to an activating group) is 1. The first-order valence-corrected chi connectivity index (χ1v) is 6.94. The van der Waals surface area contributed by atoms with Gasteiger partial charge in [-0.15, -0.1) is 0 Å². The van der Waals surface area contributed by atoms with Gasteiger partial charge in [-0.25, -0.2) is 0 Å². The van der Waals surface area contributed by atoms with Crippen molar-refractivity contribution in [2.45, 2.75) is 25.0 Å². The molecular formula is C14H22N4O3. The van der Waals surface area contributed by atoms with Crippen molar-refractivity contribution >= 4 is 5.84 Å². The van der Waals surface area contributed by atoms with Crippen LogP contribution in [0.3, 0.4) is 0 Å². The zero-order chi connectivity index (χ0) is 15.3. The number of aromatic nitrogens is 1. The van der Waals surface area contributed by atoms with E-state index in [2.05, 4.69) is 10.1 Å². The maximum absolute atomic E-state index is 10.5. The summed E-state index contributed by atoms with van der Waals surface area (Å²) in [6, 6.07) is 3.69. The van der Waals surface area contributed by atoms with E-state index in [-0.39, 0.29) is 5.84 Å². The number of nitrogens with zero attached hydrogens (tertiary/aromatic N) is 3. The van der Waals surface area contributed by atoms with Crippen molar-refractivity contribution in [3.8, 4) is 0 Å². The lowest BCUT2D eigenvalue weighted by Crippen LogP contribution is -2.45. The van der Waals surface area contributed by atoms with Crippen LogP contribution in [0.4, 0.5) is 0 Å². The van der Waals surface area contributed by atoms with Gasteiger partial charge in [0.15, 0.2) is 5.84 Å². The van der Waals surface area contributed by atoms with Crippen LogP contribution < -0.4 is 5.73 Å². The summed E-state index contributed by atoms with van der Waals surface area (Å²) in [4.78, 5) is 6.15. The molecular weight excluding hydrogens is 272 g/mol. The van der Waals surface area contributed by atoms with E-state index < -0.39 is 5.60 Å². The summed E-state index contributed by atoms with van der Waals surface area (Å²) in [7, 11) is 1.93. The van der Waals surface area contributed by atoms with Gasteiger partial charge < -0.3 is 20.8 Å². The standard InChI is InChI=1S/C14H22N4O3/c1-18(10-14(19)4-7-21-8-5-14)9-11-3-2-6-16-12(11)13(15)17-20/h2-3,6,19-20H,4-5,7-10H2,1H3,(H2,15,17). The number of rotatable bonds is 5. The van der Waals surface area contributed by atoms with Crippen molar-refractivity contribution < 1.29 is 15.1 Å². The molecule has 0 spiro atoms. The molecule has 0 unspecified atom stereocenters. The Morgan fingerprint density at radius 2 is 2.24 bits per heavy atom. The van der Waals surface area contributed by atoms with Crippen molar-refractivity contribution in [1.82, 2.24) is 9.88 Å². The molecule has 4 N–H and O–H groups in total. The molecule has 0 bridgehead atoms. The van der Waals surface area contributed by atoms with Gasteiger partial charge in [-0.3, -0.25) is 9.88 Å². The van der Waals surface area contributed by atoms with Crippen LogP contribution in [0.15, 0.2) is 23.5 Å². The van der Waals surface area contributed by atoms with Crippen LogP contribution in [-0.4, -0.2) is 58.4 Å². The van der Waals surface area contributed by atoms with E-state index in [1.807, 2.05) is 18.0 Å². The van der Waals surface area contributed by atoms with Crippen LogP contribution in [0, 0.1) is 0 Å². The molecule has 1 aromatic rings. The predicted octanol–water partition coefficient (Wildman–Crippen LogP) is 0.149. The van der Waals surface area contributed by atoms with Gasteiger partial charge in [0.25, 0.3) is 0 Å². The Morgan fingerprint density at radius 1 is 1.52 bits per heavy atom. The number of aliphatic hydroxyl groups is 1. The van der Waals surface area contributed by atoms with Gasteiger partial charge in [-0.2, -0.15) is 0 Å². The Balaban J connectivity index is 2.04. The van der Waals surface area contributed by atoms with E-state index in [0.717, 1.165) is 5.56 Å². The van der Waals surface area contributed by atoms with Crippen LogP contribution in [0.2, 0.25) is 0 Å². The normalized spacial score (nSPS) is 18.9. The largest absolute Gasteiger partial charge is 0.409 e. The van der Waals surface area contributed by atoms with E-state index in [1.165, 1.54) is 0 Å². The third kappa shape index (κ3) is 4.13. The molecule has 1 aliphatic heterocycles. The van der Waals surface area contributed by atoms with Crippen molar-refractivity contribution in [2.24, 2.45) is 10.9 Å². The number of amidine groups is 1. The highest BCUT2D eigenvalue weighted by Gasteiger charge is 2.31. The third-order valence-corrected chi connectivity index (χ3v) is 3.67. The lowest BCUT2D eigenvalue weighted by molar-refractivity contribution is -0.0777. The van der Waals surface area contributed by atoms with Crippen LogP contribution in [0.1, 0.15) is 24.1 Å². The molecule has 0 aromatic carbocycles. The highest BCUT2D eigenvalue weighted by atomic mass is 16.5. The summed E-state index contributed by atoms with van der Waals surface area (Å²) in [5, 5.41) is 22.3. The second kappa shape index (κ2) is 6.84. The van der Waals surface area contributed by atoms with Crippen molar-refractivity contribution in [3.05, 3.63) is 29.6 Å². The maximum Gasteiger partial charge on any atom is 0.189 e. The second-order valence-corrected chi connectivity index (χ2v) is 5.51. The Bertz CT molecular complexity index is 501. The van der Waals surface area contributed by atoms with E-state index in [1.54, 1.807) is 12.3 Å². The Morgan fingerprint density at radius 3 is 2.90 bits per heavy atom. The van der Waals surface area contributed by atoms with Gasteiger partial charge >= 0.3 is 0 Å². The quantitative estimate of drug-likeness (QED) is 0.309. The molecule has 1 saturated heterocycles. The van der Waals surface area contributed by atoms with Crippen LogP contribution in [-0.2, 0) is 11.3 Å². The molecule has 7 nitrogen and oxygen atoms in total. The number of hydrogen-bond acceptors (Lipinski definition) is 6. The molecule has 2 heterocycles. The van der Waals surface area contributed by atoms with Crippen molar-refractivity contribution in [2.75, 3.05) is 26.8 Å². The summed E-state index contributed by atoms with van der Waals surface area (Å²) >= 11 is 0. The van der Waals surface area contributed by atoms with Crippen LogP contribution >= 0.6 is 0 Å². The zero-order valence-electron chi connectivity index (χ0n) is 12.2. The molecule has 0 amide bonds. The van der Waals surface area contributed by atoms with E-state index >= 15 is 0 Å². The molecule has 7 heteroatoms. The SMILES string of the molecule is CN(Cc1cccnc1/C(N)=N/O)CC1(O)CCOCC1. The maximum atomic E-state index is 10.5. The highest BCUT2D eigenvalue weighted by molar-refractivity contribution is 5.96. The second-order valence-electron chi connectivity index (χ2n) is 5.51. The molecule has 1 aliphatic rings. The molecule has 0 atom stereocenters. The zero-order valence-corrected chi connectivity index (χ0v) is 12.2. The fourth-order valence-corrected chi connectivity index (χ4v) is 2.60. The minimum absolute atomic E-state index is 0.0104. The lowest BCUT2D eigenvalue weighted by Gasteiger charge is -2.35. The number of nitrogens with two attached hydrogens (primary N) is 1. The van der Waals surface area contributed by atoms with Crippen molar-refractivity contribution in [3.63, 3.8) is 0 Å². The molecule has 0 saturated carbocycles. The molecule has 0 radical (unpaired) electrons. The Hall–Kier alpha value is -1.70. The van der Waals surface area contributed by atoms with Crippen molar-refractivity contribution in [1.29, 1.82) is 0 Å². The predicted molar refractivity (Wildman–Crippen MR) is 78.1 cm³/mol. The monoisotopic (exact) mass is 294 g/mol. The van der Waals surface area contributed by atoms with Gasteiger partial charge in [0.05, 0.1) is 5.60 Å². The highest BCUT2D eigenvalue weighted by Crippen LogP contribution is 2.22. The average Bonchev–Trinajstić information content (AvgIpc) is 2.47. The fraction of sp³-hybridized carbons (Fsp3) is 0.571. The van der Waals surface area contributed by atoms with E-state index in [9.17, 15) is 5.11 Å². The first kappa shape index (κ1) is 15.7. The van der Waals surface area contributed by atoms with Crippen LogP contribution in [0.25, 0.3) is 0 Å². The van der Waals surface area contributed by atoms with Gasteiger partial charge in [-0.05, 0) is 18.7 Å². The number of ether oxygens (including phenoxy) is 1. The van der Waals surface area contributed by atoms with E-state index in [0.29, 0.717) is 44.8 Å². The minimum Gasteiger partial charge on any atom is -0.409 e. The topological polar surface area (TPSA) is 104 Å². The van der Waals surface area contributed by atoms with Gasteiger partial charge in [0.2, 0.25) is 0 Å². The molecule has 2 rings (SSSR count). The Labute approximate surface area is 124 Å². The summed E-state index contributed by atoms with van der Waals surface area (Å²) in [5.74, 6) is -0.0104. The minimum atomic E-state index is -0.716. The van der Waals surface area contributed by atoms with E-state index in [4.69, 9.17) is 15.7 Å². The number of hydrogen-bond donors (Lipinski definition) is 3.